The first kappa shape index (κ1) is 14.0. The van der Waals surface area contributed by atoms with Crippen LogP contribution in [0.1, 0.15) is 16.7 Å². The molecule has 0 saturated carbocycles. The van der Waals surface area contributed by atoms with Crippen molar-refractivity contribution in [2.45, 2.75) is 20.3 Å². The van der Waals surface area contributed by atoms with Crippen LogP contribution in [0.15, 0.2) is 12.1 Å². The molecule has 1 aromatic carbocycles. The van der Waals surface area contributed by atoms with Crippen molar-refractivity contribution in [1.82, 2.24) is 5.32 Å². The first-order chi connectivity index (χ1) is 8.43. The number of amides is 1. The van der Waals surface area contributed by atoms with Crippen LogP contribution in [0.25, 0.3) is 0 Å². The normalized spacial score (nSPS) is 9.94. The summed E-state index contributed by atoms with van der Waals surface area (Å²) in [4.78, 5) is 21.9. The molecule has 0 atom stereocenters. The van der Waals surface area contributed by atoms with Crippen molar-refractivity contribution in [2.24, 2.45) is 0 Å². The summed E-state index contributed by atoms with van der Waals surface area (Å²) >= 11 is 0. The number of rotatable bonds is 5. The highest BCUT2D eigenvalue weighted by molar-refractivity contribution is 5.83. The highest BCUT2D eigenvalue weighted by Gasteiger charge is 2.12. The lowest BCUT2D eigenvalue weighted by atomic mass is 10.0. The van der Waals surface area contributed by atoms with Gasteiger partial charge < -0.3 is 15.2 Å². The number of aryl methyl sites for hydroxylation is 2. The molecule has 0 fully saturated rings. The van der Waals surface area contributed by atoms with E-state index in [4.69, 9.17) is 9.84 Å². The Labute approximate surface area is 106 Å². The van der Waals surface area contributed by atoms with Gasteiger partial charge in [-0.1, -0.05) is 6.07 Å². The van der Waals surface area contributed by atoms with Gasteiger partial charge in [-0.25, -0.2) is 0 Å². The zero-order valence-electron chi connectivity index (χ0n) is 10.7. The molecule has 0 aliphatic rings. The molecule has 0 bridgehead atoms. The van der Waals surface area contributed by atoms with E-state index in [1.807, 2.05) is 26.0 Å². The van der Waals surface area contributed by atoms with Gasteiger partial charge in [0.05, 0.1) is 13.5 Å². The maximum Gasteiger partial charge on any atom is 0.322 e. The molecular formula is C13H17NO4. The van der Waals surface area contributed by atoms with E-state index in [-0.39, 0.29) is 18.9 Å². The fourth-order valence-electron chi connectivity index (χ4n) is 1.76. The third kappa shape index (κ3) is 3.76. The summed E-state index contributed by atoms with van der Waals surface area (Å²) in [6, 6.07) is 3.81. The van der Waals surface area contributed by atoms with Crippen molar-refractivity contribution < 1.29 is 19.4 Å². The molecule has 1 aromatic rings. The average molecular weight is 251 g/mol. The van der Waals surface area contributed by atoms with Crippen molar-refractivity contribution in [3.05, 3.63) is 28.8 Å². The van der Waals surface area contributed by atoms with Crippen LogP contribution >= 0.6 is 0 Å². The fourth-order valence-corrected chi connectivity index (χ4v) is 1.76. The first-order valence-electron chi connectivity index (χ1n) is 5.56. The molecule has 0 aromatic heterocycles. The van der Waals surface area contributed by atoms with Crippen molar-refractivity contribution >= 4 is 11.9 Å². The molecule has 0 unspecified atom stereocenters. The predicted molar refractivity (Wildman–Crippen MR) is 66.8 cm³/mol. The lowest BCUT2D eigenvalue weighted by molar-refractivity contribution is -0.137. The number of carboxylic acids is 1. The molecule has 0 aliphatic heterocycles. The van der Waals surface area contributed by atoms with Crippen LogP contribution in [0.5, 0.6) is 5.75 Å². The Hall–Kier alpha value is -2.04. The number of hydrogen-bond donors (Lipinski definition) is 2. The second-order valence-electron chi connectivity index (χ2n) is 4.11. The topological polar surface area (TPSA) is 75.6 Å². The predicted octanol–water partition coefficient (Wildman–Crippen LogP) is 1.06. The molecule has 0 saturated heterocycles. The Balaban J connectivity index is 2.83. The first-order valence-corrected chi connectivity index (χ1v) is 5.56. The van der Waals surface area contributed by atoms with Gasteiger partial charge in [0, 0.05) is 5.56 Å². The Morgan fingerprint density at radius 1 is 1.33 bits per heavy atom. The average Bonchev–Trinajstić information content (AvgIpc) is 2.29. The molecular weight excluding hydrogens is 234 g/mol. The summed E-state index contributed by atoms with van der Waals surface area (Å²) < 4.78 is 5.24. The maximum atomic E-state index is 11.6. The second kappa shape index (κ2) is 6.05. The van der Waals surface area contributed by atoms with Crippen LogP contribution in [0.4, 0.5) is 0 Å². The third-order valence-corrected chi connectivity index (χ3v) is 2.57. The molecule has 5 heteroatoms. The quantitative estimate of drug-likeness (QED) is 0.820. The standard InChI is InChI=1S/C13H17NO4/c1-8-4-9(2)10(11(5-8)18-3)6-12(15)14-7-13(16)17/h4-5H,6-7H2,1-3H3,(H,14,15)(H,16,17). The van der Waals surface area contributed by atoms with Gasteiger partial charge in [0.1, 0.15) is 12.3 Å². The van der Waals surface area contributed by atoms with E-state index >= 15 is 0 Å². The number of ether oxygens (including phenoxy) is 1. The molecule has 2 N–H and O–H groups in total. The summed E-state index contributed by atoms with van der Waals surface area (Å²) in [6.45, 7) is 3.48. The molecule has 98 valence electrons. The van der Waals surface area contributed by atoms with Gasteiger partial charge in [-0.05, 0) is 31.0 Å². The van der Waals surface area contributed by atoms with Crippen molar-refractivity contribution in [3.8, 4) is 5.75 Å². The number of carbonyl (C=O) groups is 2. The van der Waals surface area contributed by atoms with Crippen LogP contribution in [-0.2, 0) is 16.0 Å². The number of hydrogen-bond acceptors (Lipinski definition) is 3. The van der Waals surface area contributed by atoms with Crippen LogP contribution < -0.4 is 10.1 Å². The summed E-state index contributed by atoms with van der Waals surface area (Å²) in [5.74, 6) is -0.739. The number of methoxy groups -OCH3 is 1. The van der Waals surface area contributed by atoms with E-state index in [0.29, 0.717) is 5.75 Å². The molecule has 0 spiro atoms. The highest BCUT2D eigenvalue weighted by atomic mass is 16.5. The van der Waals surface area contributed by atoms with Crippen LogP contribution in [0, 0.1) is 13.8 Å². The van der Waals surface area contributed by atoms with E-state index in [0.717, 1.165) is 16.7 Å². The molecule has 0 heterocycles. The monoisotopic (exact) mass is 251 g/mol. The number of aliphatic carboxylic acids is 1. The summed E-state index contributed by atoms with van der Waals surface area (Å²) in [7, 11) is 1.55. The van der Waals surface area contributed by atoms with Gasteiger partial charge in [-0.15, -0.1) is 0 Å². The van der Waals surface area contributed by atoms with Gasteiger partial charge in [0.25, 0.3) is 0 Å². The van der Waals surface area contributed by atoms with E-state index in [1.165, 1.54) is 0 Å². The van der Waals surface area contributed by atoms with Crippen molar-refractivity contribution in [1.29, 1.82) is 0 Å². The molecule has 1 amide bonds. The number of carboxylic acid groups (broad SMARTS) is 1. The molecule has 1 rings (SSSR count). The minimum absolute atomic E-state index is 0.114. The number of nitrogens with one attached hydrogen (secondary N) is 1. The van der Waals surface area contributed by atoms with Crippen molar-refractivity contribution in [2.75, 3.05) is 13.7 Å². The zero-order valence-corrected chi connectivity index (χ0v) is 10.7. The van der Waals surface area contributed by atoms with Gasteiger partial charge in [-0.3, -0.25) is 9.59 Å². The summed E-state index contributed by atoms with van der Waals surface area (Å²) in [5.41, 5.74) is 2.79. The van der Waals surface area contributed by atoms with E-state index in [1.54, 1.807) is 7.11 Å². The zero-order chi connectivity index (χ0) is 13.7. The summed E-state index contributed by atoms with van der Waals surface area (Å²) in [5, 5.41) is 10.8. The SMILES string of the molecule is COc1cc(C)cc(C)c1CC(=O)NCC(=O)O. The largest absolute Gasteiger partial charge is 0.496 e. The lowest BCUT2D eigenvalue weighted by Gasteiger charge is -2.12. The Bertz CT molecular complexity index is 468. The molecule has 0 aliphatic carbocycles. The van der Waals surface area contributed by atoms with E-state index < -0.39 is 5.97 Å². The minimum Gasteiger partial charge on any atom is -0.496 e. The van der Waals surface area contributed by atoms with Gasteiger partial charge in [0.2, 0.25) is 5.91 Å². The number of carbonyl (C=O) groups excluding carboxylic acids is 1. The Morgan fingerprint density at radius 3 is 2.56 bits per heavy atom. The van der Waals surface area contributed by atoms with Gasteiger partial charge in [-0.2, -0.15) is 0 Å². The smallest absolute Gasteiger partial charge is 0.322 e. The molecule has 5 nitrogen and oxygen atoms in total. The van der Waals surface area contributed by atoms with Gasteiger partial charge in [0.15, 0.2) is 0 Å². The Kier molecular flexibility index (Phi) is 4.71. The third-order valence-electron chi connectivity index (χ3n) is 2.57. The van der Waals surface area contributed by atoms with Crippen LogP contribution in [0.3, 0.4) is 0 Å². The van der Waals surface area contributed by atoms with E-state index in [2.05, 4.69) is 5.32 Å². The lowest BCUT2D eigenvalue weighted by Crippen LogP contribution is -2.30. The van der Waals surface area contributed by atoms with Crippen LogP contribution in [0.2, 0.25) is 0 Å². The fraction of sp³-hybridized carbons (Fsp3) is 0.385. The van der Waals surface area contributed by atoms with Crippen LogP contribution in [-0.4, -0.2) is 30.6 Å². The molecule has 0 radical (unpaired) electrons. The maximum absolute atomic E-state index is 11.6. The highest BCUT2D eigenvalue weighted by Crippen LogP contribution is 2.24. The summed E-state index contributed by atoms with van der Waals surface area (Å²) in [6.07, 6.45) is 0.114. The second-order valence-corrected chi connectivity index (χ2v) is 4.11. The minimum atomic E-state index is -1.06. The Morgan fingerprint density at radius 2 is 2.00 bits per heavy atom. The van der Waals surface area contributed by atoms with Gasteiger partial charge >= 0.3 is 5.97 Å². The number of benzene rings is 1. The van der Waals surface area contributed by atoms with E-state index in [9.17, 15) is 9.59 Å². The van der Waals surface area contributed by atoms with Crippen molar-refractivity contribution in [3.63, 3.8) is 0 Å². The molecule has 18 heavy (non-hydrogen) atoms.